The van der Waals surface area contributed by atoms with Gasteiger partial charge in [0.2, 0.25) is 0 Å². The highest BCUT2D eigenvalue weighted by Crippen LogP contribution is 2.29. The van der Waals surface area contributed by atoms with Gasteiger partial charge in [0.15, 0.2) is 0 Å². The first-order valence-corrected chi connectivity index (χ1v) is 7.20. The normalized spacial score (nSPS) is 22.3. The van der Waals surface area contributed by atoms with Crippen LogP contribution in [0.4, 0.5) is 0 Å². The molecule has 1 heteroatoms. The van der Waals surface area contributed by atoms with Crippen molar-refractivity contribution in [1.29, 1.82) is 0 Å². The fourth-order valence-corrected chi connectivity index (χ4v) is 2.95. The van der Waals surface area contributed by atoms with Gasteiger partial charge in [0, 0.05) is 6.04 Å². The van der Waals surface area contributed by atoms with E-state index in [2.05, 4.69) is 42.6 Å². The van der Waals surface area contributed by atoms with Crippen LogP contribution >= 0.6 is 0 Å². The van der Waals surface area contributed by atoms with E-state index in [0.29, 0.717) is 6.04 Å². The molecule has 1 aromatic carbocycles. The molecule has 1 fully saturated rings. The lowest BCUT2D eigenvalue weighted by Crippen LogP contribution is -2.38. The highest BCUT2D eigenvalue weighted by atomic mass is 14.9. The Morgan fingerprint density at radius 1 is 1.24 bits per heavy atom. The Morgan fingerprint density at radius 3 is 2.71 bits per heavy atom. The molecule has 1 heterocycles. The highest BCUT2D eigenvalue weighted by Gasteiger charge is 2.23. The van der Waals surface area contributed by atoms with Gasteiger partial charge < -0.3 is 5.32 Å². The number of hydrogen-bond donors (Lipinski definition) is 1. The van der Waals surface area contributed by atoms with Crippen molar-refractivity contribution >= 4 is 0 Å². The van der Waals surface area contributed by atoms with Gasteiger partial charge in [0.05, 0.1) is 0 Å². The van der Waals surface area contributed by atoms with Crippen molar-refractivity contribution in [3.63, 3.8) is 0 Å². The Balaban J connectivity index is 2.06. The maximum absolute atomic E-state index is 3.73. The quantitative estimate of drug-likeness (QED) is 0.804. The minimum Gasteiger partial charge on any atom is -0.313 e. The summed E-state index contributed by atoms with van der Waals surface area (Å²) in [5, 5.41) is 3.73. The van der Waals surface area contributed by atoms with Crippen molar-refractivity contribution in [2.24, 2.45) is 0 Å². The minimum atomic E-state index is 0.706. The van der Waals surface area contributed by atoms with E-state index in [-0.39, 0.29) is 0 Å². The summed E-state index contributed by atoms with van der Waals surface area (Å²) >= 11 is 0. The Kier molecular flexibility index (Phi) is 5.06. The molecule has 0 spiro atoms. The second kappa shape index (κ2) is 6.80. The predicted molar refractivity (Wildman–Crippen MR) is 74.3 cm³/mol. The van der Waals surface area contributed by atoms with E-state index in [1.165, 1.54) is 50.6 Å². The molecule has 1 aliphatic heterocycles. The van der Waals surface area contributed by atoms with Crippen molar-refractivity contribution in [2.75, 3.05) is 6.54 Å². The van der Waals surface area contributed by atoms with E-state index in [1.54, 1.807) is 0 Å². The molecule has 2 rings (SSSR count). The number of rotatable bonds is 5. The van der Waals surface area contributed by atoms with E-state index in [9.17, 15) is 0 Å². The Morgan fingerprint density at radius 2 is 2.06 bits per heavy atom. The zero-order chi connectivity index (χ0) is 11.9. The fraction of sp³-hybridized carbons (Fsp3) is 0.625. The zero-order valence-corrected chi connectivity index (χ0v) is 11.0. The summed E-state index contributed by atoms with van der Waals surface area (Å²) in [5.74, 6) is 0.719. The van der Waals surface area contributed by atoms with Crippen LogP contribution in [0, 0.1) is 0 Å². The smallest absolute Gasteiger partial charge is 0.0136 e. The molecular formula is C16H25N. The minimum absolute atomic E-state index is 0.706. The molecule has 2 atom stereocenters. The molecular weight excluding hydrogens is 206 g/mol. The van der Waals surface area contributed by atoms with E-state index in [0.717, 1.165) is 5.92 Å². The van der Waals surface area contributed by atoms with Crippen molar-refractivity contribution in [3.8, 4) is 0 Å². The molecule has 94 valence electrons. The van der Waals surface area contributed by atoms with Gasteiger partial charge in [-0.2, -0.15) is 0 Å². The number of benzene rings is 1. The van der Waals surface area contributed by atoms with E-state index >= 15 is 0 Å². The first kappa shape index (κ1) is 12.6. The van der Waals surface area contributed by atoms with Crippen LogP contribution in [0.25, 0.3) is 0 Å². The maximum atomic E-state index is 3.73. The van der Waals surface area contributed by atoms with Gasteiger partial charge in [0.25, 0.3) is 0 Å². The van der Waals surface area contributed by atoms with Gasteiger partial charge in [-0.3, -0.25) is 0 Å². The van der Waals surface area contributed by atoms with Crippen molar-refractivity contribution in [3.05, 3.63) is 35.9 Å². The van der Waals surface area contributed by atoms with Crippen LogP contribution in [0.5, 0.6) is 0 Å². The number of piperidine rings is 1. The van der Waals surface area contributed by atoms with Crippen molar-refractivity contribution < 1.29 is 0 Å². The number of nitrogens with one attached hydrogen (secondary N) is 1. The van der Waals surface area contributed by atoms with Crippen LogP contribution in [0.1, 0.15) is 56.9 Å². The van der Waals surface area contributed by atoms with Gasteiger partial charge in [-0.25, -0.2) is 0 Å². The molecule has 17 heavy (non-hydrogen) atoms. The summed E-state index contributed by atoms with van der Waals surface area (Å²) in [6, 6.07) is 11.8. The average Bonchev–Trinajstić information content (AvgIpc) is 2.42. The molecule has 0 aromatic heterocycles. The Labute approximate surface area is 106 Å². The molecule has 1 N–H and O–H groups in total. The van der Waals surface area contributed by atoms with Crippen LogP contribution in [0.15, 0.2) is 30.3 Å². The second-order valence-corrected chi connectivity index (χ2v) is 5.22. The van der Waals surface area contributed by atoms with Crippen LogP contribution in [-0.2, 0) is 0 Å². The summed E-state index contributed by atoms with van der Waals surface area (Å²) in [5.41, 5.74) is 1.53. The van der Waals surface area contributed by atoms with Gasteiger partial charge in [-0.05, 0) is 37.3 Å². The summed E-state index contributed by atoms with van der Waals surface area (Å²) in [6.45, 7) is 3.50. The molecule has 1 nitrogen and oxygen atoms in total. The third-order valence-corrected chi connectivity index (χ3v) is 3.93. The summed E-state index contributed by atoms with van der Waals surface area (Å²) < 4.78 is 0. The third-order valence-electron chi connectivity index (χ3n) is 3.93. The summed E-state index contributed by atoms with van der Waals surface area (Å²) in [4.78, 5) is 0. The maximum Gasteiger partial charge on any atom is 0.0136 e. The highest BCUT2D eigenvalue weighted by molar-refractivity contribution is 5.21. The fourth-order valence-electron chi connectivity index (χ4n) is 2.95. The van der Waals surface area contributed by atoms with Crippen LogP contribution in [-0.4, -0.2) is 12.6 Å². The second-order valence-electron chi connectivity index (χ2n) is 5.22. The van der Waals surface area contributed by atoms with Gasteiger partial charge >= 0.3 is 0 Å². The van der Waals surface area contributed by atoms with E-state index < -0.39 is 0 Å². The molecule has 0 unspecified atom stereocenters. The monoisotopic (exact) mass is 231 g/mol. The lowest BCUT2D eigenvalue weighted by atomic mass is 9.83. The molecule has 0 saturated carbocycles. The average molecular weight is 231 g/mol. The topological polar surface area (TPSA) is 12.0 Å². The Hall–Kier alpha value is -0.820. The molecule has 0 aliphatic carbocycles. The van der Waals surface area contributed by atoms with Gasteiger partial charge in [-0.1, -0.05) is 56.5 Å². The predicted octanol–water partition coefficient (Wildman–Crippen LogP) is 4.10. The van der Waals surface area contributed by atoms with Crippen LogP contribution in [0.3, 0.4) is 0 Å². The molecule has 1 aliphatic rings. The van der Waals surface area contributed by atoms with E-state index in [1.807, 2.05) is 0 Å². The molecule has 1 saturated heterocycles. The van der Waals surface area contributed by atoms with Crippen molar-refractivity contribution in [1.82, 2.24) is 5.32 Å². The number of unbranched alkanes of at least 4 members (excludes halogenated alkanes) is 1. The largest absolute Gasteiger partial charge is 0.313 e. The lowest BCUT2D eigenvalue weighted by Gasteiger charge is -2.32. The molecule has 1 aromatic rings. The Bertz CT molecular complexity index is 301. The summed E-state index contributed by atoms with van der Waals surface area (Å²) in [6.07, 6.45) is 8.08. The summed E-state index contributed by atoms with van der Waals surface area (Å²) in [7, 11) is 0. The molecule has 0 radical (unpaired) electrons. The zero-order valence-electron chi connectivity index (χ0n) is 11.0. The molecule has 0 bridgehead atoms. The first-order chi connectivity index (χ1) is 8.42. The number of hydrogen-bond acceptors (Lipinski definition) is 1. The van der Waals surface area contributed by atoms with Crippen molar-refractivity contribution in [2.45, 2.75) is 57.4 Å². The standard InChI is InChI=1S/C16H25N/c1-2-3-11-15(14-9-5-4-6-10-14)16-12-7-8-13-17-16/h4-6,9-10,15-17H,2-3,7-8,11-13H2,1H3/t15-,16-/m0/s1. The van der Waals surface area contributed by atoms with Crippen LogP contribution in [0.2, 0.25) is 0 Å². The van der Waals surface area contributed by atoms with Gasteiger partial charge in [-0.15, -0.1) is 0 Å². The molecule has 0 amide bonds. The van der Waals surface area contributed by atoms with Gasteiger partial charge in [0.1, 0.15) is 0 Å². The van der Waals surface area contributed by atoms with Crippen LogP contribution < -0.4 is 5.32 Å². The SMILES string of the molecule is CCCC[C@@H](c1ccccc1)[C@@H]1CCCCN1. The van der Waals surface area contributed by atoms with E-state index in [4.69, 9.17) is 0 Å². The first-order valence-electron chi connectivity index (χ1n) is 7.20. The lowest BCUT2D eigenvalue weighted by molar-refractivity contribution is 0.334. The third kappa shape index (κ3) is 3.57.